The highest BCUT2D eigenvalue weighted by Crippen LogP contribution is 2.27. The third-order valence-corrected chi connectivity index (χ3v) is 4.72. The molecule has 3 rings (SSSR count). The molecule has 7 nitrogen and oxygen atoms in total. The first-order valence-electron chi connectivity index (χ1n) is 8.63. The van der Waals surface area contributed by atoms with E-state index < -0.39 is 17.9 Å². The number of thiazole rings is 1. The number of halogens is 1. The molecule has 0 aliphatic carbocycles. The van der Waals surface area contributed by atoms with Crippen molar-refractivity contribution in [2.45, 2.75) is 39.1 Å². The van der Waals surface area contributed by atoms with E-state index in [1.807, 2.05) is 18.2 Å². The first-order valence-corrected chi connectivity index (χ1v) is 9.82. The number of nitrogens with one attached hydrogen (secondary N) is 2. The van der Waals surface area contributed by atoms with Crippen LogP contribution in [0.2, 0.25) is 5.15 Å². The molecule has 1 atom stereocenters. The molecule has 0 fully saturated rings. The highest BCUT2D eigenvalue weighted by atomic mass is 35.5. The fourth-order valence-corrected chi connectivity index (χ4v) is 3.50. The van der Waals surface area contributed by atoms with Gasteiger partial charge in [-0.2, -0.15) is 0 Å². The molecule has 0 radical (unpaired) electrons. The molecule has 28 heavy (non-hydrogen) atoms. The lowest BCUT2D eigenvalue weighted by atomic mass is 10.2. The third kappa shape index (κ3) is 5.62. The van der Waals surface area contributed by atoms with Gasteiger partial charge in [-0.1, -0.05) is 35.1 Å². The van der Waals surface area contributed by atoms with Gasteiger partial charge in [0.05, 0.1) is 15.9 Å². The number of hydrogen-bond donors (Lipinski definition) is 3. The smallest absolute Gasteiger partial charge is 0.413 e. The molecular formula is C19H21ClN4O3S. The maximum Gasteiger partial charge on any atom is 0.413 e. The lowest BCUT2D eigenvalue weighted by Crippen LogP contribution is -2.27. The number of amides is 1. The molecule has 0 saturated carbocycles. The Kier molecular flexibility index (Phi) is 6.14. The molecule has 1 amide bonds. The molecular weight excluding hydrogens is 400 g/mol. The van der Waals surface area contributed by atoms with E-state index in [2.05, 4.69) is 20.6 Å². The van der Waals surface area contributed by atoms with Crippen molar-refractivity contribution < 1.29 is 14.6 Å². The van der Waals surface area contributed by atoms with Gasteiger partial charge in [-0.25, -0.2) is 14.8 Å². The molecule has 2 heterocycles. The van der Waals surface area contributed by atoms with Gasteiger partial charge in [0.25, 0.3) is 0 Å². The maximum atomic E-state index is 11.9. The van der Waals surface area contributed by atoms with Gasteiger partial charge >= 0.3 is 6.09 Å². The van der Waals surface area contributed by atoms with Crippen LogP contribution in [0.25, 0.3) is 10.2 Å². The monoisotopic (exact) mass is 420 g/mol. The van der Waals surface area contributed by atoms with Gasteiger partial charge in [0.2, 0.25) is 0 Å². The Morgan fingerprint density at radius 1 is 1.29 bits per heavy atom. The van der Waals surface area contributed by atoms with E-state index in [-0.39, 0.29) is 0 Å². The lowest BCUT2D eigenvalue weighted by Gasteiger charge is -2.18. The number of carbonyl (C=O) groups is 1. The van der Waals surface area contributed by atoms with Crippen LogP contribution in [-0.4, -0.2) is 26.8 Å². The summed E-state index contributed by atoms with van der Waals surface area (Å²) in [5, 5.41) is 16.7. The summed E-state index contributed by atoms with van der Waals surface area (Å²) in [6, 6.07) is 10.8. The molecule has 0 aliphatic rings. The first-order chi connectivity index (χ1) is 13.2. The molecule has 2 aromatic heterocycles. The van der Waals surface area contributed by atoms with Gasteiger partial charge in [0.15, 0.2) is 5.13 Å². The summed E-state index contributed by atoms with van der Waals surface area (Å²) < 4.78 is 6.16. The van der Waals surface area contributed by atoms with E-state index >= 15 is 0 Å². The van der Waals surface area contributed by atoms with Crippen molar-refractivity contribution >= 4 is 44.4 Å². The summed E-state index contributed by atoms with van der Waals surface area (Å²) in [5.74, 6) is 0. The Labute approximate surface area is 171 Å². The number of pyridine rings is 1. The molecule has 1 unspecified atom stereocenters. The summed E-state index contributed by atoms with van der Waals surface area (Å²) in [6.45, 7) is 5.84. The van der Waals surface area contributed by atoms with Crippen molar-refractivity contribution in [3.63, 3.8) is 0 Å². The predicted molar refractivity (Wildman–Crippen MR) is 111 cm³/mol. The number of anilines is 1. The van der Waals surface area contributed by atoms with Crippen LogP contribution in [0.3, 0.4) is 0 Å². The fraction of sp³-hybridized carbons (Fsp3) is 0.316. The topological polar surface area (TPSA) is 96.4 Å². The SMILES string of the molecule is CC(C)(C)OC(=O)Nc1nc2ccc(CNC(O)c3cccc(Cl)n3)cc2s1. The molecule has 9 heteroatoms. The van der Waals surface area contributed by atoms with E-state index in [4.69, 9.17) is 16.3 Å². The average molecular weight is 421 g/mol. The van der Waals surface area contributed by atoms with E-state index in [1.165, 1.54) is 11.3 Å². The Hall–Kier alpha value is -2.26. The van der Waals surface area contributed by atoms with Gasteiger partial charge in [-0.15, -0.1) is 0 Å². The maximum absolute atomic E-state index is 11.9. The zero-order valence-electron chi connectivity index (χ0n) is 15.7. The summed E-state index contributed by atoms with van der Waals surface area (Å²) in [7, 11) is 0. The third-order valence-electron chi connectivity index (χ3n) is 3.58. The average Bonchev–Trinajstić information content (AvgIpc) is 2.99. The Morgan fingerprint density at radius 3 is 2.79 bits per heavy atom. The van der Waals surface area contributed by atoms with Crippen LogP contribution < -0.4 is 10.6 Å². The Bertz CT molecular complexity index is 987. The number of aromatic nitrogens is 2. The highest BCUT2D eigenvalue weighted by molar-refractivity contribution is 7.22. The van der Waals surface area contributed by atoms with Crippen LogP contribution in [0.1, 0.15) is 38.3 Å². The molecule has 0 saturated heterocycles. The number of rotatable bonds is 5. The minimum atomic E-state index is -0.930. The number of aliphatic hydroxyl groups excluding tert-OH is 1. The van der Waals surface area contributed by atoms with Gasteiger partial charge < -0.3 is 9.84 Å². The zero-order chi connectivity index (χ0) is 20.3. The second-order valence-corrected chi connectivity index (χ2v) is 8.53. The van der Waals surface area contributed by atoms with Gasteiger partial charge in [-0.05, 0) is 50.6 Å². The van der Waals surface area contributed by atoms with Crippen molar-refractivity contribution in [3.8, 4) is 0 Å². The molecule has 0 bridgehead atoms. The van der Waals surface area contributed by atoms with Crippen LogP contribution in [-0.2, 0) is 11.3 Å². The summed E-state index contributed by atoms with van der Waals surface area (Å²) >= 11 is 7.21. The number of benzene rings is 1. The Balaban J connectivity index is 1.64. The lowest BCUT2D eigenvalue weighted by molar-refractivity contribution is 0.0636. The van der Waals surface area contributed by atoms with E-state index in [0.29, 0.717) is 22.5 Å². The van der Waals surface area contributed by atoms with E-state index in [1.54, 1.807) is 39.0 Å². The van der Waals surface area contributed by atoms with Crippen LogP contribution in [0.5, 0.6) is 0 Å². The van der Waals surface area contributed by atoms with Crippen LogP contribution in [0.15, 0.2) is 36.4 Å². The minimum Gasteiger partial charge on any atom is -0.444 e. The van der Waals surface area contributed by atoms with Crippen molar-refractivity contribution in [3.05, 3.63) is 52.8 Å². The number of carbonyl (C=O) groups excluding carboxylic acids is 1. The molecule has 148 valence electrons. The quantitative estimate of drug-likeness (QED) is 0.416. The second-order valence-electron chi connectivity index (χ2n) is 7.12. The summed E-state index contributed by atoms with van der Waals surface area (Å²) in [4.78, 5) is 20.4. The Morgan fingerprint density at radius 2 is 2.07 bits per heavy atom. The number of nitrogens with zero attached hydrogens (tertiary/aromatic N) is 2. The standard InChI is InChI=1S/C19H21ClN4O3S/c1-19(2,3)27-18(26)24-17-23-12-8-7-11(9-14(12)28-17)10-21-16(25)13-5-4-6-15(20)22-13/h4-9,16,21,25H,10H2,1-3H3,(H,23,24,26). The number of fused-ring (bicyclic) bond motifs is 1. The normalized spacial score (nSPS) is 12.8. The predicted octanol–water partition coefficient (Wildman–Crippen LogP) is 4.47. The van der Waals surface area contributed by atoms with Crippen molar-refractivity contribution in [2.75, 3.05) is 5.32 Å². The fourth-order valence-electron chi connectivity index (χ4n) is 2.42. The number of hydrogen-bond acceptors (Lipinski definition) is 7. The number of aliphatic hydroxyl groups is 1. The van der Waals surface area contributed by atoms with Gasteiger partial charge in [-0.3, -0.25) is 10.6 Å². The molecule has 0 spiro atoms. The zero-order valence-corrected chi connectivity index (χ0v) is 17.3. The van der Waals surface area contributed by atoms with Crippen LogP contribution in [0.4, 0.5) is 9.93 Å². The van der Waals surface area contributed by atoms with Gasteiger partial charge in [0.1, 0.15) is 17.0 Å². The minimum absolute atomic E-state index is 0.328. The molecule has 0 aliphatic heterocycles. The largest absolute Gasteiger partial charge is 0.444 e. The van der Waals surface area contributed by atoms with Crippen molar-refractivity contribution in [1.29, 1.82) is 0 Å². The van der Waals surface area contributed by atoms with Crippen LogP contribution >= 0.6 is 22.9 Å². The van der Waals surface area contributed by atoms with Crippen molar-refractivity contribution in [1.82, 2.24) is 15.3 Å². The molecule has 3 N–H and O–H groups in total. The van der Waals surface area contributed by atoms with Crippen LogP contribution in [0, 0.1) is 0 Å². The first kappa shape index (κ1) is 20.5. The summed E-state index contributed by atoms with van der Waals surface area (Å²) in [6.07, 6.45) is -1.47. The van der Waals surface area contributed by atoms with E-state index in [9.17, 15) is 9.90 Å². The van der Waals surface area contributed by atoms with Crippen molar-refractivity contribution in [2.24, 2.45) is 0 Å². The highest BCUT2D eigenvalue weighted by Gasteiger charge is 2.17. The number of ether oxygens (including phenoxy) is 1. The summed E-state index contributed by atoms with van der Waals surface area (Å²) in [5.41, 5.74) is 1.62. The molecule has 3 aromatic rings. The van der Waals surface area contributed by atoms with Gasteiger partial charge in [0, 0.05) is 6.54 Å². The van der Waals surface area contributed by atoms with E-state index in [0.717, 1.165) is 15.8 Å². The second kappa shape index (κ2) is 8.40. The molecule has 1 aromatic carbocycles.